The van der Waals surface area contributed by atoms with Gasteiger partial charge >= 0.3 is 6.09 Å². The summed E-state index contributed by atoms with van der Waals surface area (Å²) in [5.74, 6) is 0.604. The highest BCUT2D eigenvalue weighted by atomic mass is 16.7. The van der Waals surface area contributed by atoms with Gasteiger partial charge in [-0.3, -0.25) is 19.4 Å². The molecule has 5 atom stereocenters. The van der Waals surface area contributed by atoms with E-state index in [9.17, 15) is 19.5 Å². The summed E-state index contributed by atoms with van der Waals surface area (Å²) in [6, 6.07) is 27.7. The lowest BCUT2D eigenvalue weighted by atomic mass is 9.89. The normalized spacial score (nSPS) is 22.6. The Morgan fingerprint density at radius 2 is 1.53 bits per heavy atom. The molecule has 0 spiro atoms. The van der Waals surface area contributed by atoms with Gasteiger partial charge in [-0.1, -0.05) is 85.8 Å². The number of nitrogens with one attached hydrogen (secondary N) is 1. The van der Waals surface area contributed by atoms with Gasteiger partial charge in [-0.2, -0.15) is 0 Å². The Hall–Kier alpha value is -5.27. The zero-order chi connectivity index (χ0) is 38.5. The molecule has 7 rings (SSSR count). The number of fused-ring (bicyclic) bond motifs is 1. The lowest BCUT2D eigenvalue weighted by molar-refractivity contribution is -0.276. The molecule has 3 heterocycles. The van der Waals surface area contributed by atoms with E-state index in [1.165, 1.54) is 11.1 Å². The van der Waals surface area contributed by atoms with Crippen molar-refractivity contribution >= 4 is 17.9 Å². The smallest absolute Gasteiger partial charge is 0.408 e. The Balaban J connectivity index is 1.02. The number of nitrogens with zero attached hydrogens (tertiary/aromatic N) is 2. The van der Waals surface area contributed by atoms with Crippen LogP contribution in [0.15, 0.2) is 91.0 Å². The van der Waals surface area contributed by atoms with Crippen molar-refractivity contribution in [3.8, 4) is 11.5 Å². The SMILES string of the molecule is COc1cc2c(cc1OC)CN(C[C@H]1O[C@@H](c3ccc(CN4C(=O)CC(NC(=O)OCc5ccccc5)C4=O)cc3)O[C@@H](c3ccc(CO)cc3)[C@H]1C)CC2. The number of likely N-dealkylation sites (tertiary alicyclic amines) is 1. The van der Waals surface area contributed by atoms with Crippen LogP contribution in [0, 0.1) is 5.92 Å². The molecule has 3 aliphatic heterocycles. The minimum absolute atomic E-state index is 0.00617. The minimum atomic E-state index is -0.986. The Labute approximate surface area is 320 Å². The molecule has 4 aromatic carbocycles. The van der Waals surface area contributed by atoms with Crippen LogP contribution in [0.2, 0.25) is 0 Å². The van der Waals surface area contributed by atoms with E-state index in [4.69, 9.17) is 23.7 Å². The van der Waals surface area contributed by atoms with Gasteiger partial charge in [0.1, 0.15) is 12.6 Å². The monoisotopic (exact) mass is 749 g/mol. The fourth-order valence-corrected chi connectivity index (χ4v) is 7.51. The molecule has 4 aromatic rings. The summed E-state index contributed by atoms with van der Waals surface area (Å²) in [4.78, 5) is 42.0. The van der Waals surface area contributed by atoms with Crippen LogP contribution in [-0.2, 0) is 56.5 Å². The van der Waals surface area contributed by atoms with Gasteiger partial charge in [-0.15, -0.1) is 0 Å². The Morgan fingerprint density at radius 1 is 0.855 bits per heavy atom. The van der Waals surface area contributed by atoms with E-state index in [2.05, 4.69) is 29.3 Å². The van der Waals surface area contributed by atoms with Crippen LogP contribution in [0.5, 0.6) is 11.5 Å². The molecule has 3 amide bonds. The number of alkyl carbamates (subject to hydrolysis) is 1. The van der Waals surface area contributed by atoms with E-state index in [-0.39, 0.29) is 50.2 Å². The van der Waals surface area contributed by atoms with Crippen molar-refractivity contribution in [2.24, 2.45) is 5.92 Å². The molecule has 2 N–H and O–H groups in total. The second-order valence-corrected chi connectivity index (χ2v) is 14.3. The molecule has 12 heteroatoms. The lowest BCUT2D eigenvalue weighted by Gasteiger charge is -2.43. The van der Waals surface area contributed by atoms with Crippen molar-refractivity contribution in [2.45, 2.75) is 70.6 Å². The summed E-state index contributed by atoms with van der Waals surface area (Å²) in [6.45, 7) is 4.53. The maximum Gasteiger partial charge on any atom is 0.408 e. The van der Waals surface area contributed by atoms with E-state index in [1.807, 2.05) is 78.9 Å². The molecular formula is C43H47N3O9. The number of hydrogen-bond acceptors (Lipinski definition) is 10. The van der Waals surface area contributed by atoms with Gasteiger partial charge in [-0.25, -0.2) is 4.79 Å². The van der Waals surface area contributed by atoms with Crippen LogP contribution in [-0.4, -0.2) is 72.3 Å². The van der Waals surface area contributed by atoms with E-state index in [0.29, 0.717) is 12.3 Å². The quantitative estimate of drug-likeness (QED) is 0.176. The summed E-state index contributed by atoms with van der Waals surface area (Å²) in [5, 5.41) is 12.2. The molecule has 0 saturated carbocycles. The Morgan fingerprint density at radius 3 is 2.22 bits per heavy atom. The minimum Gasteiger partial charge on any atom is -0.493 e. The summed E-state index contributed by atoms with van der Waals surface area (Å²) in [5.41, 5.74) is 6.64. The summed E-state index contributed by atoms with van der Waals surface area (Å²) in [6.07, 6.45) is -1.14. The lowest BCUT2D eigenvalue weighted by Crippen LogP contribution is -2.45. The van der Waals surface area contributed by atoms with E-state index in [1.54, 1.807) is 14.2 Å². The third kappa shape index (κ3) is 8.68. The first-order valence-electron chi connectivity index (χ1n) is 18.6. The number of rotatable bonds is 12. The van der Waals surface area contributed by atoms with Crippen LogP contribution in [0.25, 0.3) is 0 Å². The largest absolute Gasteiger partial charge is 0.493 e. The number of amides is 3. The van der Waals surface area contributed by atoms with Gasteiger partial charge in [0.25, 0.3) is 5.91 Å². The number of hydrogen-bond donors (Lipinski definition) is 2. The molecule has 288 valence electrons. The number of benzene rings is 4. The molecule has 0 bridgehead atoms. The third-order valence-corrected chi connectivity index (χ3v) is 10.7. The maximum absolute atomic E-state index is 13.2. The van der Waals surface area contributed by atoms with Crippen LogP contribution < -0.4 is 14.8 Å². The van der Waals surface area contributed by atoms with Crippen LogP contribution in [0.4, 0.5) is 4.79 Å². The molecule has 0 aliphatic carbocycles. The number of carbonyl (C=O) groups excluding carboxylic acids is 3. The summed E-state index contributed by atoms with van der Waals surface area (Å²) in [7, 11) is 3.30. The van der Waals surface area contributed by atoms with Crippen molar-refractivity contribution in [3.63, 3.8) is 0 Å². The number of ether oxygens (including phenoxy) is 5. The van der Waals surface area contributed by atoms with Crippen LogP contribution >= 0.6 is 0 Å². The second-order valence-electron chi connectivity index (χ2n) is 14.3. The molecule has 2 fully saturated rings. The molecule has 1 unspecified atom stereocenters. The predicted octanol–water partition coefficient (Wildman–Crippen LogP) is 5.60. The first-order valence-corrected chi connectivity index (χ1v) is 18.6. The van der Waals surface area contributed by atoms with E-state index in [0.717, 1.165) is 58.0 Å². The van der Waals surface area contributed by atoms with Gasteiger partial charge < -0.3 is 34.1 Å². The van der Waals surface area contributed by atoms with Crippen LogP contribution in [0.3, 0.4) is 0 Å². The predicted molar refractivity (Wildman–Crippen MR) is 202 cm³/mol. The highest BCUT2D eigenvalue weighted by Crippen LogP contribution is 2.42. The molecule has 0 radical (unpaired) electrons. The average molecular weight is 750 g/mol. The number of aliphatic hydroxyl groups is 1. The van der Waals surface area contributed by atoms with Crippen molar-refractivity contribution in [1.82, 2.24) is 15.1 Å². The summed E-state index contributed by atoms with van der Waals surface area (Å²) >= 11 is 0. The molecule has 0 aromatic heterocycles. The fraction of sp³-hybridized carbons (Fsp3) is 0.372. The van der Waals surface area contributed by atoms with Crippen LogP contribution in [0.1, 0.15) is 64.7 Å². The second kappa shape index (κ2) is 17.0. The first kappa shape index (κ1) is 38.0. The van der Waals surface area contributed by atoms with Gasteiger partial charge in [0.2, 0.25) is 5.91 Å². The Kier molecular flexibility index (Phi) is 11.8. The average Bonchev–Trinajstić information content (AvgIpc) is 3.47. The standard InChI is InChI=1S/C43H47N3O9/c1-27-38(24-45-18-17-33-19-36(51-2)37(52-3)20-34(33)23-45)54-42(55-40(27)31-13-11-29(25-47)12-14-31)32-15-9-28(10-16-32)22-46-39(48)21-35(41(46)49)44-43(50)53-26-30-7-5-4-6-8-30/h4-16,19-20,27,35,38,40,42,47H,17-18,21-26H2,1-3H3,(H,44,50)/t27-,35?,38+,40+,42+/m0/s1. The zero-order valence-corrected chi connectivity index (χ0v) is 31.3. The van der Waals surface area contributed by atoms with Gasteiger partial charge in [0.15, 0.2) is 17.8 Å². The number of carbonyl (C=O) groups is 3. The third-order valence-electron chi connectivity index (χ3n) is 10.7. The topological polar surface area (TPSA) is 136 Å². The van der Waals surface area contributed by atoms with Crippen molar-refractivity contribution in [2.75, 3.05) is 27.3 Å². The van der Waals surface area contributed by atoms with Crippen molar-refractivity contribution in [3.05, 3.63) is 130 Å². The van der Waals surface area contributed by atoms with Gasteiger partial charge in [0.05, 0.1) is 46.0 Å². The number of methoxy groups -OCH3 is 2. The van der Waals surface area contributed by atoms with Gasteiger partial charge in [-0.05, 0) is 51.9 Å². The van der Waals surface area contributed by atoms with Crippen molar-refractivity contribution in [1.29, 1.82) is 0 Å². The highest BCUT2D eigenvalue weighted by molar-refractivity contribution is 6.06. The highest BCUT2D eigenvalue weighted by Gasteiger charge is 2.41. The van der Waals surface area contributed by atoms with E-state index < -0.39 is 24.3 Å². The molecular weight excluding hydrogens is 702 g/mol. The molecule has 2 saturated heterocycles. The molecule has 3 aliphatic rings. The van der Waals surface area contributed by atoms with E-state index >= 15 is 0 Å². The fourth-order valence-electron chi connectivity index (χ4n) is 7.51. The molecule has 12 nitrogen and oxygen atoms in total. The number of aliphatic hydroxyl groups excluding tert-OH is 1. The zero-order valence-electron chi connectivity index (χ0n) is 31.3. The Bertz CT molecular complexity index is 1970. The maximum atomic E-state index is 13.2. The number of imide groups is 1. The molecule has 55 heavy (non-hydrogen) atoms. The van der Waals surface area contributed by atoms with Gasteiger partial charge in [0, 0.05) is 31.1 Å². The first-order chi connectivity index (χ1) is 26.7. The van der Waals surface area contributed by atoms with Crippen molar-refractivity contribution < 1.29 is 43.2 Å². The summed E-state index contributed by atoms with van der Waals surface area (Å²) < 4.78 is 29.8.